The molecular formula is C25H22F3N3O3S. The lowest BCUT2D eigenvalue weighted by Crippen LogP contribution is -2.36. The maximum atomic E-state index is 13.5. The van der Waals surface area contributed by atoms with E-state index in [1.807, 2.05) is 30.5 Å². The summed E-state index contributed by atoms with van der Waals surface area (Å²) in [5.41, 5.74) is 1.41. The second kappa shape index (κ2) is 9.91. The van der Waals surface area contributed by atoms with Crippen LogP contribution >= 0.6 is 11.3 Å². The highest BCUT2D eigenvalue weighted by Gasteiger charge is 2.31. The molecule has 0 saturated heterocycles. The van der Waals surface area contributed by atoms with Crippen molar-refractivity contribution >= 4 is 34.1 Å². The van der Waals surface area contributed by atoms with E-state index >= 15 is 0 Å². The highest BCUT2D eigenvalue weighted by atomic mass is 32.1. The molecule has 10 heteroatoms. The van der Waals surface area contributed by atoms with Crippen LogP contribution in [-0.4, -0.2) is 40.0 Å². The summed E-state index contributed by atoms with van der Waals surface area (Å²) in [6, 6.07) is 12.5. The van der Waals surface area contributed by atoms with Gasteiger partial charge in [0, 0.05) is 30.6 Å². The highest BCUT2D eigenvalue weighted by molar-refractivity contribution is 7.15. The SMILES string of the molecule is CC(=O)OCN(CCc1c[nH]c2ccccc12)C(=O)c1nc(C)sc1-c1cccc(C(F)(F)F)c1. The van der Waals surface area contributed by atoms with Gasteiger partial charge in [0.25, 0.3) is 5.91 Å². The number of hydrogen-bond donors (Lipinski definition) is 1. The van der Waals surface area contributed by atoms with E-state index in [-0.39, 0.29) is 24.5 Å². The number of halogens is 3. The van der Waals surface area contributed by atoms with Gasteiger partial charge in [-0.05, 0) is 42.7 Å². The maximum absolute atomic E-state index is 13.5. The maximum Gasteiger partial charge on any atom is 0.416 e. The first-order valence-electron chi connectivity index (χ1n) is 10.8. The van der Waals surface area contributed by atoms with Gasteiger partial charge in [-0.2, -0.15) is 13.2 Å². The number of ether oxygens (including phenoxy) is 1. The average molecular weight is 502 g/mol. The predicted molar refractivity (Wildman–Crippen MR) is 127 cm³/mol. The molecule has 0 bridgehead atoms. The number of alkyl halides is 3. The Labute approximate surface area is 203 Å². The third-order valence-electron chi connectivity index (χ3n) is 5.43. The first-order chi connectivity index (χ1) is 16.6. The second-order valence-electron chi connectivity index (χ2n) is 7.93. The Balaban J connectivity index is 1.64. The smallest absolute Gasteiger partial charge is 0.416 e. The number of aromatic nitrogens is 2. The monoisotopic (exact) mass is 501 g/mol. The molecule has 182 valence electrons. The Bertz CT molecular complexity index is 1380. The summed E-state index contributed by atoms with van der Waals surface area (Å²) in [5.74, 6) is -1.08. The van der Waals surface area contributed by atoms with Gasteiger partial charge in [0.1, 0.15) is 5.69 Å². The van der Waals surface area contributed by atoms with E-state index in [0.717, 1.165) is 39.9 Å². The fourth-order valence-electron chi connectivity index (χ4n) is 3.74. The van der Waals surface area contributed by atoms with E-state index in [0.29, 0.717) is 16.3 Å². The van der Waals surface area contributed by atoms with Gasteiger partial charge in [0.05, 0.1) is 15.4 Å². The number of esters is 1. The second-order valence-corrected chi connectivity index (χ2v) is 9.14. The molecule has 4 aromatic rings. The summed E-state index contributed by atoms with van der Waals surface area (Å²) in [5, 5.41) is 1.55. The number of carbonyl (C=O) groups is 2. The molecule has 0 aliphatic rings. The molecule has 0 fully saturated rings. The fourth-order valence-corrected chi connectivity index (χ4v) is 4.65. The lowest BCUT2D eigenvalue weighted by Gasteiger charge is -2.22. The lowest BCUT2D eigenvalue weighted by molar-refractivity contribution is -0.144. The molecular weight excluding hydrogens is 479 g/mol. The quantitative estimate of drug-likeness (QED) is 0.256. The Morgan fingerprint density at radius 1 is 1.14 bits per heavy atom. The number of thiazole rings is 1. The third kappa shape index (κ3) is 5.54. The van der Waals surface area contributed by atoms with E-state index in [1.54, 1.807) is 6.92 Å². The number of hydrogen-bond acceptors (Lipinski definition) is 5. The highest BCUT2D eigenvalue weighted by Crippen LogP contribution is 2.36. The van der Waals surface area contributed by atoms with Crippen molar-refractivity contribution < 1.29 is 27.5 Å². The van der Waals surface area contributed by atoms with Crippen LogP contribution in [0.3, 0.4) is 0 Å². The first-order valence-corrected chi connectivity index (χ1v) is 11.6. The molecule has 2 aromatic heterocycles. The number of nitrogens with one attached hydrogen (secondary N) is 1. The van der Waals surface area contributed by atoms with Crippen molar-refractivity contribution in [1.82, 2.24) is 14.9 Å². The van der Waals surface area contributed by atoms with Crippen molar-refractivity contribution in [2.24, 2.45) is 0 Å². The van der Waals surface area contributed by atoms with Crippen LogP contribution in [0.1, 0.15) is 33.5 Å². The van der Waals surface area contributed by atoms with E-state index in [1.165, 1.54) is 24.0 Å². The number of benzene rings is 2. The van der Waals surface area contributed by atoms with E-state index < -0.39 is 23.6 Å². The number of nitrogens with zero attached hydrogens (tertiary/aromatic N) is 2. The van der Waals surface area contributed by atoms with Crippen LogP contribution in [0.2, 0.25) is 0 Å². The third-order valence-corrected chi connectivity index (χ3v) is 6.45. The molecule has 1 N–H and O–H groups in total. The number of rotatable bonds is 7. The van der Waals surface area contributed by atoms with Gasteiger partial charge in [-0.15, -0.1) is 11.3 Å². The van der Waals surface area contributed by atoms with Crippen LogP contribution in [0.25, 0.3) is 21.3 Å². The standard InChI is InChI=1S/C25H22F3N3O3S/c1-15-30-22(23(35-15)17-6-5-7-19(12-17)25(26,27)28)24(33)31(14-34-16(2)32)11-10-18-13-29-21-9-4-3-8-20(18)21/h3-9,12-13,29H,10-11,14H2,1-2H3. The van der Waals surface area contributed by atoms with Crippen molar-refractivity contribution in [3.05, 3.63) is 76.6 Å². The first kappa shape index (κ1) is 24.5. The number of fused-ring (bicyclic) bond motifs is 1. The predicted octanol–water partition coefficient (Wildman–Crippen LogP) is 5.82. The zero-order valence-corrected chi connectivity index (χ0v) is 19.8. The molecule has 2 aromatic carbocycles. The Morgan fingerprint density at radius 2 is 1.91 bits per heavy atom. The van der Waals surface area contributed by atoms with Crippen molar-refractivity contribution in [1.29, 1.82) is 0 Å². The van der Waals surface area contributed by atoms with Crippen molar-refractivity contribution in [3.63, 3.8) is 0 Å². The Morgan fingerprint density at radius 3 is 2.66 bits per heavy atom. The van der Waals surface area contributed by atoms with Gasteiger partial charge in [-0.25, -0.2) is 4.98 Å². The summed E-state index contributed by atoms with van der Waals surface area (Å²) in [6.07, 6.45) is -2.18. The number of aryl methyl sites for hydroxylation is 1. The van der Waals surface area contributed by atoms with Crippen LogP contribution in [0, 0.1) is 6.92 Å². The fraction of sp³-hybridized carbons (Fsp3) is 0.240. The zero-order valence-electron chi connectivity index (χ0n) is 19.0. The number of H-pyrrole nitrogens is 1. The topological polar surface area (TPSA) is 75.3 Å². The Hall–Kier alpha value is -3.66. The van der Waals surface area contributed by atoms with Crippen LogP contribution in [-0.2, 0) is 22.1 Å². The van der Waals surface area contributed by atoms with E-state index in [2.05, 4.69) is 9.97 Å². The molecule has 0 unspecified atom stereocenters. The Kier molecular flexibility index (Phi) is 6.93. The molecule has 6 nitrogen and oxygen atoms in total. The summed E-state index contributed by atoms with van der Waals surface area (Å²) in [4.78, 5) is 34.2. The van der Waals surface area contributed by atoms with Gasteiger partial charge in [0.2, 0.25) is 0 Å². The minimum absolute atomic E-state index is 0.0258. The van der Waals surface area contributed by atoms with Crippen LogP contribution in [0.15, 0.2) is 54.7 Å². The van der Waals surface area contributed by atoms with Gasteiger partial charge in [0.15, 0.2) is 6.73 Å². The molecule has 0 aliphatic heterocycles. The summed E-state index contributed by atoms with van der Waals surface area (Å²) < 4.78 is 44.9. The van der Waals surface area contributed by atoms with Gasteiger partial charge in [-0.1, -0.05) is 30.3 Å². The number of aromatic amines is 1. The molecule has 0 radical (unpaired) electrons. The van der Waals surface area contributed by atoms with E-state index in [4.69, 9.17) is 4.74 Å². The summed E-state index contributed by atoms with van der Waals surface area (Å²) >= 11 is 1.14. The molecule has 0 spiro atoms. The van der Waals surface area contributed by atoms with Gasteiger partial charge in [-0.3, -0.25) is 9.59 Å². The lowest BCUT2D eigenvalue weighted by atomic mass is 10.1. The van der Waals surface area contributed by atoms with Gasteiger partial charge < -0.3 is 14.6 Å². The van der Waals surface area contributed by atoms with Crippen molar-refractivity contribution in [2.75, 3.05) is 13.3 Å². The number of para-hydroxylation sites is 1. The largest absolute Gasteiger partial charge is 0.444 e. The minimum atomic E-state index is -4.51. The van der Waals surface area contributed by atoms with Crippen molar-refractivity contribution in [3.8, 4) is 10.4 Å². The zero-order chi connectivity index (χ0) is 25.2. The molecule has 35 heavy (non-hydrogen) atoms. The molecule has 0 atom stereocenters. The van der Waals surface area contributed by atoms with Crippen LogP contribution < -0.4 is 0 Å². The van der Waals surface area contributed by atoms with Crippen LogP contribution in [0.5, 0.6) is 0 Å². The molecule has 0 saturated carbocycles. The van der Waals surface area contributed by atoms with E-state index in [9.17, 15) is 22.8 Å². The molecule has 1 amide bonds. The number of carbonyl (C=O) groups excluding carboxylic acids is 2. The molecule has 2 heterocycles. The minimum Gasteiger partial charge on any atom is -0.444 e. The normalized spacial score (nSPS) is 11.6. The summed E-state index contributed by atoms with van der Waals surface area (Å²) in [7, 11) is 0. The van der Waals surface area contributed by atoms with Gasteiger partial charge >= 0.3 is 12.1 Å². The number of amides is 1. The van der Waals surface area contributed by atoms with Crippen molar-refractivity contribution in [2.45, 2.75) is 26.4 Å². The van der Waals surface area contributed by atoms with Crippen LogP contribution in [0.4, 0.5) is 13.2 Å². The molecule has 4 rings (SSSR count). The summed E-state index contributed by atoms with van der Waals surface area (Å²) in [6.45, 7) is 2.84. The average Bonchev–Trinajstić information content (AvgIpc) is 3.41. The molecule has 0 aliphatic carbocycles.